The maximum absolute atomic E-state index is 14.6. The van der Waals surface area contributed by atoms with E-state index in [2.05, 4.69) is 56.8 Å². The van der Waals surface area contributed by atoms with Gasteiger partial charge in [-0.3, -0.25) is 33.6 Å². The van der Waals surface area contributed by atoms with Gasteiger partial charge in [0.05, 0.1) is 12.6 Å². The Morgan fingerprint density at radius 1 is 0.661 bits per heavy atom. The van der Waals surface area contributed by atoms with Gasteiger partial charge in [0.2, 0.25) is 35.4 Å². The number of nitrogens with one attached hydrogen (secondary N) is 6. The minimum Gasteiger partial charge on any atom is -0.508 e. The van der Waals surface area contributed by atoms with Crippen molar-refractivity contribution in [2.24, 2.45) is 5.73 Å². The Hall–Kier alpha value is -5.85. The Morgan fingerprint density at radius 2 is 1.19 bits per heavy atom. The van der Waals surface area contributed by atoms with Gasteiger partial charge in [0.25, 0.3) is 0 Å². The van der Waals surface area contributed by atoms with E-state index in [1.54, 1.807) is 48.7 Å². The summed E-state index contributed by atoms with van der Waals surface area (Å²) in [5.74, 6) is -5.50. The second kappa shape index (κ2) is 22.8. The first kappa shape index (κ1) is 47.2. The van der Waals surface area contributed by atoms with Crippen molar-refractivity contribution < 1.29 is 38.7 Å². The van der Waals surface area contributed by atoms with Gasteiger partial charge in [-0.05, 0) is 60.7 Å². The number of nitrogens with zero attached hydrogens (tertiary/aromatic N) is 1. The highest BCUT2D eigenvalue weighted by Gasteiger charge is 2.37. The number of thiol groups is 2. The predicted molar refractivity (Wildman–Crippen MR) is 240 cm³/mol. The van der Waals surface area contributed by atoms with Crippen LogP contribution < -0.4 is 32.3 Å². The second-order valence-electron chi connectivity index (χ2n) is 15.2. The number of aromatic amines is 1. The summed E-state index contributed by atoms with van der Waals surface area (Å²) in [4.78, 5) is 103. The number of H-pyrrole nitrogens is 1. The van der Waals surface area contributed by atoms with Crippen LogP contribution in [0, 0.1) is 0 Å². The lowest BCUT2D eigenvalue weighted by Crippen LogP contribution is -2.60. The van der Waals surface area contributed by atoms with Gasteiger partial charge in [-0.1, -0.05) is 60.7 Å². The zero-order valence-electron chi connectivity index (χ0n) is 34.3. The lowest BCUT2D eigenvalue weighted by Gasteiger charge is -2.31. The van der Waals surface area contributed by atoms with E-state index in [9.17, 15) is 38.7 Å². The fourth-order valence-electron chi connectivity index (χ4n) is 7.25. The van der Waals surface area contributed by atoms with Gasteiger partial charge in [0.15, 0.2) is 5.78 Å². The van der Waals surface area contributed by atoms with Crippen LogP contribution in [0.1, 0.15) is 42.9 Å². The van der Waals surface area contributed by atoms with Crippen molar-refractivity contribution in [2.75, 3.05) is 24.6 Å². The zero-order valence-corrected chi connectivity index (χ0v) is 36.1. The van der Waals surface area contributed by atoms with Gasteiger partial charge < -0.3 is 47.3 Å². The first-order chi connectivity index (χ1) is 29.8. The van der Waals surface area contributed by atoms with Crippen LogP contribution in [0.5, 0.6) is 5.75 Å². The summed E-state index contributed by atoms with van der Waals surface area (Å²) >= 11 is 8.68. The van der Waals surface area contributed by atoms with E-state index < -0.39 is 84.0 Å². The number of hydrogen-bond acceptors (Lipinski definition) is 11. The standard InChI is InChI=1S/C44H54N8O8S2/c1-26(53)52-23-39(55)37(24-61)51-42(58)34(20-28-14-16-30(54)17-15-28)48-40(56)33(13-7-8-18-45)47-43(59)36(21-29-22-46-32-12-6-5-11-31(29)32)49-41(57)35(50-44(60)38(52)25-62)19-27-9-3-2-4-10-27/h2-6,9-12,14-17,22,33-38,46,54,61-62H,7-8,13,18-21,23-25,45H2,1H3,(H,47,59)(H,48,56)(H,49,57)(H,50,60)(H,51,58)/t33-,34-,35-,36-,37-,38-/m0/s1. The maximum Gasteiger partial charge on any atom is 0.244 e. The smallest absolute Gasteiger partial charge is 0.244 e. The molecule has 0 spiro atoms. The van der Waals surface area contributed by atoms with Crippen molar-refractivity contribution in [3.8, 4) is 5.75 Å². The van der Waals surface area contributed by atoms with Gasteiger partial charge in [0.1, 0.15) is 36.0 Å². The van der Waals surface area contributed by atoms with E-state index in [0.717, 1.165) is 15.8 Å². The average Bonchev–Trinajstić information content (AvgIpc) is 3.67. The lowest BCUT2D eigenvalue weighted by molar-refractivity contribution is -0.142. The number of amides is 6. The summed E-state index contributed by atoms with van der Waals surface area (Å²) in [7, 11) is 0. The molecule has 62 heavy (non-hydrogen) atoms. The number of hydrogen-bond donors (Lipinski definition) is 10. The minimum atomic E-state index is -1.34. The molecule has 0 unspecified atom stereocenters. The molecule has 1 aromatic heterocycles. The summed E-state index contributed by atoms with van der Waals surface area (Å²) in [6, 6.07) is 14.6. The van der Waals surface area contributed by atoms with Gasteiger partial charge in [-0.25, -0.2) is 0 Å². The number of carbonyl (C=O) groups is 7. The molecule has 6 atom stereocenters. The molecule has 4 aromatic rings. The summed E-state index contributed by atoms with van der Waals surface area (Å²) in [5.41, 5.74) is 8.51. The van der Waals surface area contributed by atoms with E-state index in [4.69, 9.17) is 5.73 Å². The van der Waals surface area contributed by atoms with Crippen molar-refractivity contribution in [1.29, 1.82) is 0 Å². The molecule has 2 heterocycles. The number of aromatic nitrogens is 1. The van der Waals surface area contributed by atoms with Crippen LogP contribution in [0.3, 0.4) is 0 Å². The summed E-state index contributed by atoms with van der Waals surface area (Å²) in [5, 5.41) is 24.5. The van der Waals surface area contributed by atoms with Gasteiger partial charge in [-0.15, -0.1) is 0 Å². The Labute approximate surface area is 370 Å². The highest BCUT2D eigenvalue weighted by molar-refractivity contribution is 7.80. The van der Waals surface area contributed by atoms with Crippen LogP contribution in [-0.4, -0.2) is 117 Å². The monoisotopic (exact) mass is 886 g/mol. The van der Waals surface area contributed by atoms with Crippen LogP contribution in [0.15, 0.2) is 85.1 Å². The number of Topliss-reactive ketones (excluding diaryl/α,β-unsaturated/α-hetero) is 1. The number of para-hydroxylation sites is 1. The number of phenolic OH excluding ortho intramolecular Hbond substituents is 1. The highest BCUT2D eigenvalue weighted by Crippen LogP contribution is 2.20. The minimum absolute atomic E-state index is 0.0154. The van der Waals surface area contributed by atoms with Crippen LogP contribution in [0.2, 0.25) is 0 Å². The molecule has 0 bridgehead atoms. The normalized spacial score (nSPS) is 22.4. The highest BCUT2D eigenvalue weighted by atomic mass is 32.1. The van der Waals surface area contributed by atoms with E-state index in [1.807, 2.05) is 24.3 Å². The third-order valence-electron chi connectivity index (χ3n) is 10.7. The van der Waals surface area contributed by atoms with Gasteiger partial charge >= 0.3 is 0 Å². The molecule has 1 aliphatic rings. The molecule has 0 aliphatic carbocycles. The quantitative estimate of drug-likeness (QED) is 0.0723. The summed E-state index contributed by atoms with van der Waals surface area (Å²) in [6.07, 6.45) is 2.66. The molecule has 0 radical (unpaired) electrons. The van der Waals surface area contributed by atoms with Crippen LogP contribution in [0.25, 0.3) is 10.9 Å². The van der Waals surface area contributed by atoms with Gasteiger partial charge in [0, 0.05) is 54.8 Å². The number of fused-ring (bicyclic) bond motifs is 1. The number of benzene rings is 3. The summed E-state index contributed by atoms with van der Waals surface area (Å²) < 4.78 is 0. The molecule has 6 amide bonds. The van der Waals surface area contributed by atoms with E-state index >= 15 is 0 Å². The number of unbranched alkanes of at least 4 members (excludes halogenated alkanes) is 1. The average molecular weight is 887 g/mol. The SMILES string of the molecule is CC(=O)N1CC(=O)[C@H](CS)NC(=O)[C@H](Cc2ccc(O)cc2)NC(=O)[C@H](CCCCN)NC(=O)[C@H](Cc2c[nH]c3ccccc23)NC(=O)[C@H](Cc2ccccc2)NC(=O)[C@@H]1CS. The molecule has 16 nitrogen and oxygen atoms in total. The fourth-order valence-corrected chi connectivity index (χ4v) is 7.91. The molecule has 5 rings (SSSR count). The van der Waals surface area contributed by atoms with Crippen LogP contribution in [-0.2, 0) is 52.8 Å². The first-order valence-electron chi connectivity index (χ1n) is 20.4. The number of carbonyl (C=O) groups excluding carboxylic acids is 7. The molecule has 3 aromatic carbocycles. The van der Waals surface area contributed by atoms with E-state index in [-0.39, 0.29) is 42.9 Å². The Balaban J connectivity index is 1.60. The third-order valence-corrected chi connectivity index (χ3v) is 11.4. The largest absolute Gasteiger partial charge is 0.508 e. The molecular weight excluding hydrogens is 833 g/mol. The molecule has 9 N–H and O–H groups in total. The van der Waals surface area contributed by atoms with Crippen molar-refractivity contribution in [3.63, 3.8) is 0 Å². The van der Waals surface area contributed by atoms with E-state index in [0.29, 0.717) is 36.1 Å². The van der Waals surface area contributed by atoms with Gasteiger partial charge in [-0.2, -0.15) is 25.3 Å². The number of ketones is 1. The second-order valence-corrected chi connectivity index (χ2v) is 15.9. The van der Waals surface area contributed by atoms with Crippen molar-refractivity contribution in [2.45, 2.75) is 81.7 Å². The molecule has 0 saturated carbocycles. The molecule has 330 valence electrons. The first-order valence-corrected chi connectivity index (χ1v) is 21.7. The number of aromatic hydroxyl groups is 1. The topological polar surface area (TPSA) is 245 Å². The number of phenols is 1. The lowest BCUT2D eigenvalue weighted by atomic mass is 10.0. The molecule has 1 aliphatic heterocycles. The molecule has 1 saturated heterocycles. The molecular formula is C44H54N8O8S2. The zero-order chi connectivity index (χ0) is 44.8. The van der Waals surface area contributed by atoms with E-state index in [1.165, 1.54) is 19.1 Å². The van der Waals surface area contributed by atoms with Crippen molar-refractivity contribution >= 4 is 77.4 Å². The fraction of sp³-hybridized carbons (Fsp3) is 0.386. The number of nitrogens with two attached hydrogens (primary N) is 1. The Kier molecular flexibility index (Phi) is 17.4. The van der Waals surface area contributed by atoms with Crippen molar-refractivity contribution in [3.05, 3.63) is 102 Å². The van der Waals surface area contributed by atoms with Crippen LogP contribution >= 0.6 is 25.3 Å². The number of rotatable bonds is 12. The molecule has 18 heteroatoms. The summed E-state index contributed by atoms with van der Waals surface area (Å²) in [6.45, 7) is 0.866. The van der Waals surface area contributed by atoms with Crippen LogP contribution in [0.4, 0.5) is 0 Å². The van der Waals surface area contributed by atoms with Crippen molar-refractivity contribution in [1.82, 2.24) is 36.5 Å². The maximum atomic E-state index is 14.6. The third kappa shape index (κ3) is 12.8. The Morgan fingerprint density at radius 3 is 1.79 bits per heavy atom. The molecule has 1 fully saturated rings. The predicted octanol–water partition coefficient (Wildman–Crippen LogP) is 1.11. The Bertz CT molecular complexity index is 2210.